The Bertz CT molecular complexity index is 136. The number of carbonyl (C=O) groups is 1. The molecule has 4 heteroatoms. The molecule has 1 atom stereocenters. The minimum absolute atomic E-state index is 0.298. The zero-order valence-electron chi connectivity index (χ0n) is 6.89. The molecule has 0 bridgehead atoms. The first-order chi connectivity index (χ1) is 4.98. The van der Waals surface area contributed by atoms with Gasteiger partial charge in [0.15, 0.2) is 0 Å². The van der Waals surface area contributed by atoms with Crippen molar-refractivity contribution in [3.05, 3.63) is 0 Å². The Balaban J connectivity index is 3.45. The predicted octanol–water partition coefficient (Wildman–Crippen LogP) is 1.24. The van der Waals surface area contributed by atoms with Crippen molar-refractivity contribution in [1.29, 1.82) is 0 Å². The smallest absolute Gasteiger partial charge is 0.217 e. The third kappa shape index (κ3) is 6.13. The van der Waals surface area contributed by atoms with Crippen LogP contribution in [0.1, 0.15) is 26.2 Å². The summed E-state index contributed by atoms with van der Waals surface area (Å²) in [6, 6.07) is 0. The predicted molar refractivity (Wildman–Crippen MR) is 44.3 cm³/mol. The van der Waals surface area contributed by atoms with Gasteiger partial charge in [0.05, 0.1) is 0 Å². The van der Waals surface area contributed by atoms with Gasteiger partial charge in [0.25, 0.3) is 0 Å². The molecular formula is C7H14ClNO2. The van der Waals surface area contributed by atoms with Gasteiger partial charge in [-0.1, -0.05) is 11.6 Å². The number of ether oxygens (including phenoxy) is 1. The molecular weight excluding hydrogens is 166 g/mol. The average molecular weight is 180 g/mol. The van der Waals surface area contributed by atoms with Crippen LogP contribution in [-0.2, 0) is 9.53 Å². The molecule has 0 aromatic carbocycles. The number of methoxy groups -OCH3 is 1. The summed E-state index contributed by atoms with van der Waals surface area (Å²) in [6.45, 7) is 1.76. The Hall–Kier alpha value is -0.280. The molecule has 0 aromatic rings. The van der Waals surface area contributed by atoms with E-state index in [4.69, 9.17) is 22.1 Å². The van der Waals surface area contributed by atoms with Gasteiger partial charge in [0, 0.05) is 13.5 Å². The van der Waals surface area contributed by atoms with E-state index in [2.05, 4.69) is 0 Å². The second kappa shape index (κ2) is 4.57. The van der Waals surface area contributed by atoms with Crippen LogP contribution >= 0.6 is 11.6 Å². The quantitative estimate of drug-likeness (QED) is 0.646. The van der Waals surface area contributed by atoms with Gasteiger partial charge in [-0.05, 0) is 19.8 Å². The van der Waals surface area contributed by atoms with Crippen LogP contribution in [0, 0.1) is 0 Å². The lowest BCUT2D eigenvalue weighted by atomic mass is 10.1. The molecule has 0 heterocycles. The van der Waals surface area contributed by atoms with Gasteiger partial charge in [-0.3, -0.25) is 4.79 Å². The van der Waals surface area contributed by atoms with Gasteiger partial charge in [-0.2, -0.15) is 0 Å². The minimum Gasteiger partial charge on any atom is -0.370 e. The standard InChI is InChI=1S/C7H14ClNO2/c1-7(8,11-2)5-3-4-6(9)10/h3-5H2,1-2H3,(H2,9,10). The molecule has 1 amide bonds. The lowest BCUT2D eigenvalue weighted by Crippen LogP contribution is -2.20. The normalized spacial score (nSPS) is 15.9. The fourth-order valence-corrected chi connectivity index (χ4v) is 0.814. The van der Waals surface area contributed by atoms with Crippen molar-refractivity contribution < 1.29 is 9.53 Å². The number of nitrogens with two attached hydrogens (primary N) is 1. The summed E-state index contributed by atoms with van der Waals surface area (Å²) in [7, 11) is 1.54. The summed E-state index contributed by atoms with van der Waals surface area (Å²) in [5, 5.41) is -0.657. The summed E-state index contributed by atoms with van der Waals surface area (Å²) >= 11 is 5.83. The van der Waals surface area contributed by atoms with Crippen molar-refractivity contribution in [1.82, 2.24) is 0 Å². The van der Waals surface area contributed by atoms with E-state index in [-0.39, 0.29) is 5.91 Å². The number of rotatable bonds is 5. The zero-order chi connectivity index (χ0) is 8.91. The van der Waals surface area contributed by atoms with E-state index in [1.54, 1.807) is 6.92 Å². The Morgan fingerprint density at radius 3 is 2.64 bits per heavy atom. The van der Waals surface area contributed by atoms with Gasteiger partial charge in [-0.25, -0.2) is 0 Å². The van der Waals surface area contributed by atoms with E-state index < -0.39 is 5.06 Å². The van der Waals surface area contributed by atoms with Crippen molar-refractivity contribution in [2.75, 3.05) is 7.11 Å². The molecule has 0 aliphatic rings. The molecule has 0 spiro atoms. The van der Waals surface area contributed by atoms with Gasteiger partial charge < -0.3 is 10.5 Å². The van der Waals surface area contributed by atoms with E-state index in [0.29, 0.717) is 19.3 Å². The average Bonchev–Trinajstić information content (AvgIpc) is 1.87. The van der Waals surface area contributed by atoms with Crippen molar-refractivity contribution in [2.24, 2.45) is 5.73 Å². The van der Waals surface area contributed by atoms with Crippen molar-refractivity contribution in [3.8, 4) is 0 Å². The molecule has 0 rings (SSSR count). The van der Waals surface area contributed by atoms with Gasteiger partial charge in [-0.15, -0.1) is 0 Å². The minimum atomic E-state index is -0.657. The van der Waals surface area contributed by atoms with Crippen LogP contribution < -0.4 is 5.73 Å². The Labute approximate surface area is 71.8 Å². The van der Waals surface area contributed by atoms with Crippen molar-refractivity contribution >= 4 is 17.5 Å². The Morgan fingerprint density at radius 2 is 2.27 bits per heavy atom. The molecule has 2 N–H and O–H groups in total. The fraction of sp³-hybridized carbons (Fsp3) is 0.857. The monoisotopic (exact) mass is 179 g/mol. The fourth-order valence-electron chi connectivity index (χ4n) is 0.680. The summed E-state index contributed by atoms with van der Waals surface area (Å²) < 4.78 is 4.93. The van der Waals surface area contributed by atoms with Crippen LogP contribution in [0.15, 0.2) is 0 Å². The molecule has 1 unspecified atom stereocenters. The summed E-state index contributed by atoms with van der Waals surface area (Å²) in [6.07, 6.45) is 1.67. The number of carbonyl (C=O) groups excluding carboxylic acids is 1. The lowest BCUT2D eigenvalue weighted by Gasteiger charge is -2.19. The van der Waals surface area contributed by atoms with Crippen molar-refractivity contribution in [2.45, 2.75) is 31.2 Å². The zero-order valence-corrected chi connectivity index (χ0v) is 7.65. The number of amides is 1. The molecule has 0 aliphatic heterocycles. The topological polar surface area (TPSA) is 52.3 Å². The molecule has 0 radical (unpaired) electrons. The van der Waals surface area contributed by atoms with E-state index in [0.717, 1.165) is 0 Å². The van der Waals surface area contributed by atoms with Gasteiger partial charge in [0.1, 0.15) is 5.06 Å². The molecule has 0 aliphatic carbocycles. The Morgan fingerprint density at radius 1 is 1.73 bits per heavy atom. The summed E-state index contributed by atoms with van der Waals surface area (Å²) in [4.78, 5) is 10.3. The largest absolute Gasteiger partial charge is 0.370 e. The van der Waals surface area contributed by atoms with E-state index >= 15 is 0 Å². The van der Waals surface area contributed by atoms with E-state index in [1.807, 2.05) is 0 Å². The maximum atomic E-state index is 10.3. The van der Waals surface area contributed by atoms with E-state index in [9.17, 15) is 4.79 Å². The number of hydrogen-bond donors (Lipinski definition) is 1. The number of alkyl halides is 1. The molecule has 11 heavy (non-hydrogen) atoms. The second-order valence-corrected chi connectivity index (χ2v) is 3.43. The van der Waals surface area contributed by atoms with Crippen LogP contribution in [0.25, 0.3) is 0 Å². The second-order valence-electron chi connectivity index (χ2n) is 2.63. The molecule has 3 nitrogen and oxygen atoms in total. The lowest BCUT2D eigenvalue weighted by molar-refractivity contribution is -0.118. The maximum absolute atomic E-state index is 10.3. The number of hydrogen-bond acceptors (Lipinski definition) is 2. The van der Waals surface area contributed by atoms with E-state index in [1.165, 1.54) is 7.11 Å². The van der Waals surface area contributed by atoms with Crippen LogP contribution in [0.5, 0.6) is 0 Å². The summed E-state index contributed by atoms with van der Waals surface area (Å²) in [5.41, 5.74) is 4.94. The maximum Gasteiger partial charge on any atom is 0.217 e. The molecule has 66 valence electrons. The highest BCUT2D eigenvalue weighted by Crippen LogP contribution is 2.21. The highest BCUT2D eigenvalue weighted by atomic mass is 35.5. The highest BCUT2D eigenvalue weighted by molar-refractivity contribution is 6.22. The van der Waals surface area contributed by atoms with Crippen LogP contribution in [0.3, 0.4) is 0 Å². The molecule has 0 saturated heterocycles. The third-order valence-corrected chi connectivity index (χ3v) is 1.82. The first-order valence-electron chi connectivity index (χ1n) is 3.50. The molecule has 0 aromatic heterocycles. The van der Waals surface area contributed by atoms with Crippen LogP contribution in [0.2, 0.25) is 0 Å². The number of halogens is 1. The highest BCUT2D eigenvalue weighted by Gasteiger charge is 2.18. The van der Waals surface area contributed by atoms with Crippen LogP contribution in [-0.4, -0.2) is 18.1 Å². The molecule has 0 saturated carbocycles. The molecule has 0 fully saturated rings. The number of primary amides is 1. The third-order valence-electron chi connectivity index (χ3n) is 1.47. The SMILES string of the molecule is COC(C)(Cl)CCCC(N)=O. The van der Waals surface area contributed by atoms with Gasteiger partial charge >= 0.3 is 0 Å². The van der Waals surface area contributed by atoms with Gasteiger partial charge in [0.2, 0.25) is 5.91 Å². The van der Waals surface area contributed by atoms with Crippen LogP contribution in [0.4, 0.5) is 0 Å². The Kier molecular flexibility index (Phi) is 4.45. The van der Waals surface area contributed by atoms with Crippen molar-refractivity contribution in [3.63, 3.8) is 0 Å². The first-order valence-corrected chi connectivity index (χ1v) is 3.88. The first kappa shape index (κ1) is 10.7. The summed E-state index contributed by atoms with van der Waals surface area (Å²) in [5.74, 6) is -0.298.